The van der Waals surface area contributed by atoms with Gasteiger partial charge in [-0.05, 0) is 55.8 Å². The van der Waals surface area contributed by atoms with Crippen molar-refractivity contribution in [3.63, 3.8) is 0 Å². The third-order valence-corrected chi connectivity index (χ3v) is 6.71. The van der Waals surface area contributed by atoms with Crippen molar-refractivity contribution in [2.24, 2.45) is 0 Å². The van der Waals surface area contributed by atoms with Crippen LogP contribution in [-0.4, -0.2) is 59.9 Å². The number of rotatable bonds is 8. The average Bonchev–Trinajstić information content (AvgIpc) is 3.53. The number of likely N-dealkylation sites (tertiary alicyclic amines) is 1. The van der Waals surface area contributed by atoms with E-state index >= 15 is 0 Å². The minimum Gasteiger partial charge on any atom is -0.461 e. The zero-order valence-corrected chi connectivity index (χ0v) is 20.4. The molecule has 3 unspecified atom stereocenters. The van der Waals surface area contributed by atoms with Crippen LogP contribution in [0.2, 0.25) is 0 Å². The van der Waals surface area contributed by atoms with Crippen LogP contribution in [0.25, 0.3) is 11.3 Å². The van der Waals surface area contributed by atoms with E-state index in [2.05, 4.69) is 20.5 Å². The van der Waals surface area contributed by atoms with Crippen molar-refractivity contribution in [2.45, 2.75) is 31.5 Å². The number of carbonyl (C=O) groups excluding carboxylic acids is 2. The van der Waals surface area contributed by atoms with E-state index in [9.17, 15) is 22.8 Å². The molecular weight excluding hydrogens is 501 g/mol. The molecule has 5 rings (SSSR count). The van der Waals surface area contributed by atoms with Crippen LogP contribution >= 0.6 is 0 Å². The summed E-state index contributed by atoms with van der Waals surface area (Å²) >= 11 is 0. The summed E-state index contributed by atoms with van der Waals surface area (Å²) < 4.78 is 50.6. The van der Waals surface area contributed by atoms with E-state index in [0.29, 0.717) is 24.5 Å². The summed E-state index contributed by atoms with van der Waals surface area (Å²) in [7, 11) is 0. The molecule has 2 saturated heterocycles. The molecule has 2 amide bonds. The van der Waals surface area contributed by atoms with Gasteiger partial charge in [0.05, 0.1) is 42.0 Å². The highest BCUT2D eigenvalue weighted by atomic mass is 19.1. The molecule has 11 heteroatoms. The van der Waals surface area contributed by atoms with E-state index in [-0.39, 0.29) is 40.6 Å². The van der Waals surface area contributed by atoms with Crippen LogP contribution < -0.4 is 15.4 Å². The maximum Gasteiger partial charge on any atom is 0.255 e. The highest BCUT2D eigenvalue weighted by Gasteiger charge is 2.42. The SMILES string of the molecule is CC(C(=O)Nc1cc(C(=O)Nc2ccc(-c3cc(F)cc(F)c3)nc2)ccc1OCF)N1CC2CC1CO2. The molecule has 2 aromatic carbocycles. The number of hydrogen-bond acceptors (Lipinski definition) is 6. The molecule has 2 aliphatic heterocycles. The van der Waals surface area contributed by atoms with Gasteiger partial charge >= 0.3 is 0 Å². The summed E-state index contributed by atoms with van der Waals surface area (Å²) in [6.07, 6.45) is 2.37. The van der Waals surface area contributed by atoms with Gasteiger partial charge < -0.3 is 20.1 Å². The summed E-state index contributed by atoms with van der Waals surface area (Å²) in [5.74, 6) is -2.19. The highest BCUT2D eigenvalue weighted by Crippen LogP contribution is 2.31. The number of aromatic nitrogens is 1. The minimum atomic E-state index is -1.11. The smallest absolute Gasteiger partial charge is 0.255 e. The van der Waals surface area contributed by atoms with Crippen molar-refractivity contribution < 1.29 is 32.2 Å². The first-order chi connectivity index (χ1) is 18.3. The molecule has 3 atom stereocenters. The van der Waals surface area contributed by atoms with E-state index in [1.807, 2.05) is 0 Å². The molecule has 3 aromatic rings. The third-order valence-electron chi connectivity index (χ3n) is 6.71. The van der Waals surface area contributed by atoms with Crippen LogP contribution in [0.4, 0.5) is 24.5 Å². The number of amides is 2. The standard InChI is InChI=1S/C27H25F3N4O4/c1-15(34-12-22-10-21(34)13-37-22)26(35)33-24-8-16(2-5-25(24)38-14-28)27(36)32-20-3-4-23(31-11-20)17-6-18(29)9-19(30)7-17/h2-9,11,15,21-22H,10,12-14H2,1H3,(H,32,36)(H,33,35). The first-order valence-electron chi connectivity index (χ1n) is 12.1. The van der Waals surface area contributed by atoms with E-state index in [0.717, 1.165) is 24.6 Å². The van der Waals surface area contributed by atoms with Gasteiger partial charge in [0, 0.05) is 29.8 Å². The Balaban J connectivity index is 1.29. The molecule has 0 saturated carbocycles. The molecule has 198 valence electrons. The first-order valence-corrected chi connectivity index (χ1v) is 12.1. The Bertz CT molecular complexity index is 1330. The number of nitrogens with one attached hydrogen (secondary N) is 2. The van der Waals surface area contributed by atoms with Gasteiger partial charge in [-0.2, -0.15) is 0 Å². The van der Waals surface area contributed by atoms with Crippen molar-refractivity contribution >= 4 is 23.2 Å². The number of pyridine rings is 1. The molecule has 3 heterocycles. The lowest BCUT2D eigenvalue weighted by Gasteiger charge is -2.31. The van der Waals surface area contributed by atoms with Crippen LogP contribution in [0.5, 0.6) is 5.75 Å². The topological polar surface area (TPSA) is 92.8 Å². The van der Waals surface area contributed by atoms with Crippen molar-refractivity contribution in [2.75, 3.05) is 30.6 Å². The van der Waals surface area contributed by atoms with Gasteiger partial charge in [0.2, 0.25) is 12.8 Å². The van der Waals surface area contributed by atoms with Gasteiger partial charge in [0.1, 0.15) is 17.4 Å². The molecular formula is C27H25F3N4O4. The molecule has 2 bridgehead atoms. The van der Waals surface area contributed by atoms with Crippen molar-refractivity contribution in [3.05, 3.63) is 71.9 Å². The number of carbonyl (C=O) groups is 2. The predicted octanol–water partition coefficient (Wildman–Crippen LogP) is 4.39. The molecule has 1 aromatic heterocycles. The number of morpholine rings is 1. The fraction of sp³-hybridized carbons (Fsp3) is 0.296. The van der Waals surface area contributed by atoms with Crippen LogP contribution in [0, 0.1) is 11.6 Å². The lowest BCUT2D eigenvalue weighted by Crippen LogP contribution is -2.48. The largest absolute Gasteiger partial charge is 0.461 e. The summed E-state index contributed by atoms with van der Waals surface area (Å²) in [5, 5.41) is 5.44. The Morgan fingerprint density at radius 3 is 2.55 bits per heavy atom. The fourth-order valence-electron chi connectivity index (χ4n) is 4.79. The second-order valence-electron chi connectivity index (χ2n) is 9.22. The summed E-state index contributed by atoms with van der Waals surface area (Å²) in [4.78, 5) is 32.1. The zero-order valence-electron chi connectivity index (χ0n) is 20.4. The van der Waals surface area contributed by atoms with Crippen molar-refractivity contribution in [1.82, 2.24) is 9.88 Å². The number of hydrogen-bond donors (Lipinski definition) is 2. The second-order valence-corrected chi connectivity index (χ2v) is 9.22. The van der Waals surface area contributed by atoms with Gasteiger partial charge in [-0.3, -0.25) is 19.5 Å². The Morgan fingerprint density at radius 1 is 1.13 bits per heavy atom. The van der Waals surface area contributed by atoms with Crippen molar-refractivity contribution in [1.29, 1.82) is 0 Å². The lowest BCUT2D eigenvalue weighted by atomic mass is 10.1. The Labute approximate surface area is 216 Å². The van der Waals surface area contributed by atoms with Gasteiger partial charge in [-0.15, -0.1) is 0 Å². The van der Waals surface area contributed by atoms with Gasteiger partial charge in [0.25, 0.3) is 5.91 Å². The van der Waals surface area contributed by atoms with E-state index in [4.69, 9.17) is 9.47 Å². The van der Waals surface area contributed by atoms with Gasteiger partial charge in [0.15, 0.2) is 0 Å². The van der Waals surface area contributed by atoms with Crippen LogP contribution in [0.1, 0.15) is 23.7 Å². The monoisotopic (exact) mass is 526 g/mol. The molecule has 2 N–H and O–H groups in total. The predicted molar refractivity (Wildman–Crippen MR) is 134 cm³/mol. The molecule has 0 aliphatic carbocycles. The van der Waals surface area contributed by atoms with Gasteiger partial charge in [-0.1, -0.05) is 0 Å². The molecule has 8 nitrogen and oxygen atoms in total. The lowest BCUT2D eigenvalue weighted by molar-refractivity contribution is -0.122. The van der Waals surface area contributed by atoms with E-state index in [1.165, 1.54) is 30.5 Å². The summed E-state index contributed by atoms with van der Waals surface area (Å²) in [6.45, 7) is 1.93. The van der Waals surface area contributed by atoms with Crippen LogP contribution in [0.15, 0.2) is 54.7 Å². The average molecular weight is 527 g/mol. The number of alkyl halides is 1. The molecule has 0 spiro atoms. The first kappa shape index (κ1) is 25.7. The number of anilines is 2. The molecule has 38 heavy (non-hydrogen) atoms. The maximum atomic E-state index is 13.5. The third kappa shape index (κ3) is 5.48. The Morgan fingerprint density at radius 2 is 1.92 bits per heavy atom. The molecule has 0 radical (unpaired) electrons. The summed E-state index contributed by atoms with van der Waals surface area (Å²) in [6, 6.07) is 10.1. The molecule has 2 fully saturated rings. The highest BCUT2D eigenvalue weighted by molar-refractivity contribution is 6.06. The Kier molecular flexibility index (Phi) is 7.30. The number of fused-ring (bicyclic) bond motifs is 2. The number of benzene rings is 2. The Hall–Kier alpha value is -3.96. The second kappa shape index (κ2) is 10.8. The van der Waals surface area contributed by atoms with Crippen LogP contribution in [0.3, 0.4) is 0 Å². The van der Waals surface area contributed by atoms with Crippen LogP contribution in [-0.2, 0) is 9.53 Å². The maximum absolute atomic E-state index is 13.5. The van der Waals surface area contributed by atoms with Gasteiger partial charge in [-0.25, -0.2) is 13.2 Å². The van der Waals surface area contributed by atoms with E-state index < -0.39 is 30.4 Å². The number of ether oxygens (including phenoxy) is 2. The van der Waals surface area contributed by atoms with E-state index in [1.54, 1.807) is 13.0 Å². The number of nitrogens with zero attached hydrogens (tertiary/aromatic N) is 2. The quantitative estimate of drug-likeness (QED) is 0.453. The molecule has 2 aliphatic rings. The number of halogens is 3. The zero-order chi connectivity index (χ0) is 26.8. The van der Waals surface area contributed by atoms with Crippen molar-refractivity contribution in [3.8, 4) is 17.0 Å². The normalized spacial score (nSPS) is 19.3. The summed E-state index contributed by atoms with van der Waals surface area (Å²) in [5.41, 5.74) is 1.27. The fourth-order valence-corrected chi connectivity index (χ4v) is 4.79. The minimum absolute atomic E-state index is 0.0872.